The second-order valence-electron chi connectivity index (χ2n) is 5.76. The van der Waals surface area contributed by atoms with Gasteiger partial charge in [-0.3, -0.25) is 0 Å². The molecule has 23 heavy (non-hydrogen) atoms. The summed E-state index contributed by atoms with van der Waals surface area (Å²) in [5.74, 6) is 1.19. The van der Waals surface area contributed by atoms with E-state index < -0.39 is 0 Å². The van der Waals surface area contributed by atoms with Crippen LogP contribution in [-0.2, 0) is 6.42 Å². The number of nitrogens with zero attached hydrogens (tertiary/aromatic N) is 3. The topological polar surface area (TPSA) is 64.3 Å². The first-order valence-electron chi connectivity index (χ1n) is 7.60. The number of ether oxygens (including phenoxy) is 1. The fourth-order valence-electron chi connectivity index (χ4n) is 2.26. The first-order valence-corrected chi connectivity index (χ1v) is 8.40. The second kappa shape index (κ2) is 8.26. The molecule has 6 heteroatoms. The summed E-state index contributed by atoms with van der Waals surface area (Å²) in [6.07, 6.45) is 1.78. The van der Waals surface area contributed by atoms with Crippen molar-refractivity contribution < 1.29 is 4.74 Å². The van der Waals surface area contributed by atoms with Gasteiger partial charge >= 0.3 is 0 Å². The van der Waals surface area contributed by atoms with Crippen LogP contribution in [0.4, 0.5) is 5.95 Å². The van der Waals surface area contributed by atoms with Crippen molar-refractivity contribution in [2.45, 2.75) is 19.8 Å². The predicted molar refractivity (Wildman–Crippen MR) is 96.8 cm³/mol. The number of hydrogen-bond donors (Lipinski definition) is 1. The van der Waals surface area contributed by atoms with E-state index in [-0.39, 0.29) is 0 Å². The molecular weight excluding hydrogens is 356 g/mol. The lowest BCUT2D eigenvalue weighted by molar-refractivity contribution is 0.281. The summed E-state index contributed by atoms with van der Waals surface area (Å²) in [5, 5.41) is 0. The van der Waals surface area contributed by atoms with Crippen LogP contribution in [0, 0.1) is 6.92 Å². The molecule has 0 aliphatic heterocycles. The lowest BCUT2D eigenvalue weighted by Gasteiger charge is -2.11. The number of halogens is 1. The lowest BCUT2D eigenvalue weighted by Crippen LogP contribution is -2.15. The van der Waals surface area contributed by atoms with Crippen molar-refractivity contribution in [3.63, 3.8) is 0 Å². The first-order chi connectivity index (χ1) is 11.0. The molecule has 5 nitrogen and oxygen atoms in total. The third-order valence-electron chi connectivity index (χ3n) is 3.50. The zero-order valence-electron chi connectivity index (χ0n) is 13.8. The van der Waals surface area contributed by atoms with Crippen molar-refractivity contribution in [2.24, 2.45) is 0 Å². The average Bonchev–Trinajstić information content (AvgIpc) is 2.48. The van der Waals surface area contributed by atoms with Gasteiger partial charge in [-0.15, -0.1) is 0 Å². The van der Waals surface area contributed by atoms with E-state index in [1.54, 1.807) is 0 Å². The van der Waals surface area contributed by atoms with Gasteiger partial charge in [-0.25, -0.2) is 9.97 Å². The highest BCUT2D eigenvalue weighted by atomic mass is 79.9. The van der Waals surface area contributed by atoms with Crippen molar-refractivity contribution in [3.05, 3.63) is 45.7 Å². The normalized spacial score (nSPS) is 11.0. The van der Waals surface area contributed by atoms with Gasteiger partial charge in [0.1, 0.15) is 10.4 Å². The number of hydrogen-bond acceptors (Lipinski definition) is 5. The highest BCUT2D eigenvalue weighted by molar-refractivity contribution is 9.10. The summed E-state index contributed by atoms with van der Waals surface area (Å²) >= 11 is 3.46. The Labute approximate surface area is 146 Å². The Bertz CT molecular complexity index is 621. The number of rotatable bonds is 7. The van der Waals surface area contributed by atoms with E-state index in [0.717, 1.165) is 47.6 Å². The lowest BCUT2D eigenvalue weighted by atomic mass is 10.1. The summed E-state index contributed by atoms with van der Waals surface area (Å²) < 4.78 is 6.50. The monoisotopic (exact) mass is 378 g/mol. The number of nitrogen functional groups attached to an aromatic ring is 1. The molecule has 0 saturated carbocycles. The molecule has 0 aliphatic rings. The van der Waals surface area contributed by atoms with Crippen LogP contribution in [-0.4, -0.2) is 42.1 Å². The van der Waals surface area contributed by atoms with E-state index in [1.165, 1.54) is 5.56 Å². The number of nitrogens with two attached hydrogens (primary N) is 1. The predicted octanol–water partition coefficient (Wildman–Crippen LogP) is 3.05. The van der Waals surface area contributed by atoms with E-state index in [1.807, 2.05) is 19.1 Å². The van der Waals surface area contributed by atoms with Crippen molar-refractivity contribution in [3.8, 4) is 5.75 Å². The standard InChI is InChI=1S/C17H23BrN4O/c1-12-15(16(18)21-17(19)20-12)11-13-5-7-14(8-6-13)23-10-4-9-22(2)3/h5-8H,4,9-11H2,1-3H3,(H2,19,20,21). The van der Waals surface area contributed by atoms with E-state index >= 15 is 0 Å². The Morgan fingerprint density at radius 3 is 2.48 bits per heavy atom. The van der Waals surface area contributed by atoms with Crippen molar-refractivity contribution in [1.29, 1.82) is 0 Å². The minimum atomic E-state index is 0.291. The zero-order valence-corrected chi connectivity index (χ0v) is 15.4. The molecule has 0 saturated heterocycles. The molecule has 0 unspecified atom stereocenters. The SMILES string of the molecule is Cc1nc(N)nc(Br)c1Cc1ccc(OCCCN(C)C)cc1. The molecule has 2 aromatic rings. The maximum atomic E-state index is 5.75. The highest BCUT2D eigenvalue weighted by Crippen LogP contribution is 2.22. The minimum absolute atomic E-state index is 0.291. The van der Waals surface area contributed by atoms with Crippen LogP contribution in [0.3, 0.4) is 0 Å². The fraction of sp³-hybridized carbons (Fsp3) is 0.412. The van der Waals surface area contributed by atoms with Crippen molar-refractivity contribution in [2.75, 3.05) is 33.0 Å². The van der Waals surface area contributed by atoms with Crippen molar-refractivity contribution >= 4 is 21.9 Å². The third kappa shape index (κ3) is 5.48. The van der Waals surface area contributed by atoms with E-state index in [0.29, 0.717) is 5.95 Å². The summed E-state index contributed by atoms with van der Waals surface area (Å²) in [4.78, 5) is 10.5. The Kier molecular flexibility index (Phi) is 6.36. The Hall–Kier alpha value is -1.66. The van der Waals surface area contributed by atoms with Crippen LogP contribution in [0.2, 0.25) is 0 Å². The summed E-state index contributed by atoms with van der Waals surface area (Å²) in [6.45, 7) is 3.71. The van der Waals surface area contributed by atoms with Gasteiger partial charge in [-0.2, -0.15) is 0 Å². The molecule has 0 amide bonds. The first kappa shape index (κ1) is 17.7. The highest BCUT2D eigenvalue weighted by Gasteiger charge is 2.09. The van der Waals surface area contributed by atoms with Gasteiger partial charge in [-0.1, -0.05) is 12.1 Å². The Morgan fingerprint density at radius 1 is 1.17 bits per heavy atom. The molecular formula is C17H23BrN4O. The van der Waals surface area contributed by atoms with Gasteiger partial charge in [-0.05, 0) is 61.1 Å². The minimum Gasteiger partial charge on any atom is -0.494 e. The smallest absolute Gasteiger partial charge is 0.221 e. The van der Waals surface area contributed by atoms with Gasteiger partial charge in [0, 0.05) is 24.2 Å². The molecule has 0 radical (unpaired) electrons. The van der Waals surface area contributed by atoms with Crippen LogP contribution in [0.1, 0.15) is 23.2 Å². The van der Waals surface area contributed by atoms with Gasteiger partial charge in [0.15, 0.2) is 0 Å². The molecule has 0 fully saturated rings. The molecule has 0 bridgehead atoms. The number of aryl methyl sites for hydroxylation is 1. The number of anilines is 1. The maximum absolute atomic E-state index is 5.75. The summed E-state index contributed by atoms with van der Waals surface area (Å²) in [5.41, 5.74) is 8.78. The van der Waals surface area contributed by atoms with Crippen LogP contribution in [0.5, 0.6) is 5.75 Å². The second-order valence-corrected chi connectivity index (χ2v) is 6.51. The van der Waals surface area contributed by atoms with E-state index in [9.17, 15) is 0 Å². The van der Waals surface area contributed by atoms with Crippen LogP contribution in [0.15, 0.2) is 28.9 Å². The third-order valence-corrected chi connectivity index (χ3v) is 4.16. The molecule has 0 aliphatic carbocycles. The maximum Gasteiger partial charge on any atom is 0.221 e. The van der Waals surface area contributed by atoms with E-state index in [4.69, 9.17) is 10.5 Å². The molecule has 2 N–H and O–H groups in total. The van der Waals surface area contributed by atoms with E-state index in [2.05, 4.69) is 57.0 Å². The van der Waals surface area contributed by atoms with Crippen molar-refractivity contribution in [1.82, 2.24) is 14.9 Å². The summed E-state index contributed by atoms with van der Waals surface area (Å²) in [6, 6.07) is 8.16. The summed E-state index contributed by atoms with van der Waals surface area (Å²) in [7, 11) is 4.13. The average molecular weight is 379 g/mol. The largest absolute Gasteiger partial charge is 0.494 e. The number of benzene rings is 1. The Morgan fingerprint density at radius 2 is 1.87 bits per heavy atom. The molecule has 1 heterocycles. The molecule has 1 aromatic carbocycles. The van der Waals surface area contributed by atoms with Gasteiger partial charge in [0.25, 0.3) is 0 Å². The Balaban J connectivity index is 1.95. The van der Waals surface area contributed by atoms with Crippen LogP contribution >= 0.6 is 15.9 Å². The van der Waals surface area contributed by atoms with Crippen LogP contribution < -0.4 is 10.5 Å². The molecule has 1 aromatic heterocycles. The van der Waals surface area contributed by atoms with Gasteiger partial charge < -0.3 is 15.4 Å². The van der Waals surface area contributed by atoms with Gasteiger partial charge in [0.05, 0.1) is 6.61 Å². The molecule has 0 spiro atoms. The number of aromatic nitrogens is 2. The molecule has 0 atom stereocenters. The molecule has 2 rings (SSSR count). The molecule has 124 valence electrons. The van der Waals surface area contributed by atoms with Gasteiger partial charge in [0.2, 0.25) is 5.95 Å². The fourth-order valence-corrected chi connectivity index (χ4v) is 2.87. The quantitative estimate of drug-likeness (QED) is 0.592. The van der Waals surface area contributed by atoms with Crippen LogP contribution in [0.25, 0.3) is 0 Å². The zero-order chi connectivity index (χ0) is 16.8.